The van der Waals surface area contributed by atoms with Crippen molar-refractivity contribution < 1.29 is 23.7 Å². The van der Waals surface area contributed by atoms with Crippen LogP contribution in [0.4, 0.5) is 11.4 Å². The van der Waals surface area contributed by atoms with Crippen molar-refractivity contribution in [3.63, 3.8) is 0 Å². The maximum absolute atomic E-state index is 12.7. The van der Waals surface area contributed by atoms with Crippen LogP contribution in [0.25, 0.3) is 0 Å². The second-order valence-electron chi connectivity index (χ2n) is 8.52. The van der Waals surface area contributed by atoms with Crippen LogP contribution in [-0.2, 0) is 9.53 Å². The van der Waals surface area contributed by atoms with E-state index >= 15 is 0 Å². The number of amides is 1. The van der Waals surface area contributed by atoms with Crippen LogP contribution in [0.3, 0.4) is 0 Å². The van der Waals surface area contributed by atoms with Crippen molar-refractivity contribution in [1.29, 1.82) is 0 Å². The van der Waals surface area contributed by atoms with E-state index in [1.54, 1.807) is 7.11 Å². The molecule has 4 heterocycles. The number of nitrogens with zero attached hydrogens (tertiary/aromatic N) is 3. The number of benzene rings is 1. The van der Waals surface area contributed by atoms with Gasteiger partial charge in [0, 0.05) is 31.2 Å². The van der Waals surface area contributed by atoms with Gasteiger partial charge in [-0.3, -0.25) is 4.79 Å². The molecule has 0 spiro atoms. The standard InChI is InChI=1S/C24H29N3O5/c1-16-11-18(13-25-23(16)29-2)27-8-10-31-22-4-3-19(12-21(22)27)32-20-5-7-26(14-20)24(28)17-6-9-30-15-17/h3-4,11-13,17,20H,5-10,14-15H2,1-2H3/t17-,20-/m0/s1. The number of anilines is 2. The fourth-order valence-corrected chi connectivity index (χ4v) is 4.65. The van der Waals surface area contributed by atoms with E-state index in [0.29, 0.717) is 32.2 Å². The molecular weight excluding hydrogens is 410 g/mol. The molecule has 2 fully saturated rings. The van der Waals surface area contributed by atoms with E-state index in [1.165, 1.54) is 0 Å². The third-order valence-corrected chi connectivity index (χ3v) is 6.35. The minimum Gasteiger partial charge on any atom is -0.490 e. The van der Waals surface area contributed by atoms with E-state index in [9.17, 15) is 4.79 Å². The van der Waals surface area contributed by atoms with Crippen LogP contribution in [0.1, 0.15) is 18.4 Å². The zero-order valence-electron chi connectivity index (χ0n) is 18.6. The third-order valence-electron chi connectivity index (χ3n) is 6.35. The lowest BCUT2D eigenvalue weighted by molar-refractivity contribution is -0.134. The summed E-state index contributed by atoms with van der Waals surface area (Å²) < 4.78 is 22.8. The van der Waals surface area contributed by atoms with Crippen molar-refractivity contribution >= 4 is 17.3 Å². The second-order valence-corrected chi connectivity index (χ2v) is 8.52. The lowest BCUT2D eigenvalue weighted by atomic mass is 10.1. The maximum atomic E-state index is 12.7. The van der Waals surface area contributed by atoms with Crippen molar-refractivity contribution in [2.75, 3.05) is 51.5 Å². The van der Waals surface area contributed by atoms with Gasteiger partial charge >= 0.3 is 0 Å². The molecule has 170 valence electrons. The normalized spacial score (nSPS) is 22.4. The number of carbonyl (C=O) groups excluding carboxylic acids is 1. The first-order valence-electron chi connectivity index (χ1n) is 11.2. The summed E-state index contributed by atoms with van der Waals surface area (Å²) in [6.45, 7) is 5.89. The summed E-state index contributed by atoms with van der Waals surface area (Å²) in [4.78, 5) is 21.2. The fourth-order valence-electron chi connectivity index (χ4n) is 4.65. The zero-order valence-corrected chi connectivity index (χ0v) is 18.6. The number of fused-ring (bicyclic) bond motifs is 1. The Balaban J connectivity index is 1.30. The number of hydrogen-bond acceptors (Lipinski definition) is 7. The highest BCUT2D eigenvalue weighted by atomic mass is 16.5. The molecule has 0 N–H and O–H groups in total. The predicted molar refractivity (Wildman–Crippen MR) is 119 cm³/mol. The molecule has 1 aromatic heterocycles. The number of rotatable bonds is 5. The van der Waals surface area contributed by atoms with Gasteiger partial charge in [-0.1, -0.05) is 0 Å². The topological polar surface area (TPSA) is 73.4 Å². The first kappa shape index (κ1) is 20.9. The van der Waals surface area contributed by atoms with Gasteiger partial charge in [0.15, 0.2) is 0 Å². The van der Waals surface area contributed by atoms with E-state index in [2.05, 4.69) is 16.0 Å². The second kappa shape index (κ2) is 8.86. The quantitative estimate of drug-likeness (QED) is 0.709. The number of aromatic nitrogens is 1. The molecule has 5 rings (SSSR count). The van der Waals surface area contributed by atoms with Crippen LogP contribution in [0, 0.1) is 12.8 Å². The Labute approximate surface area is 188 Å². The average Bonchev–Trinajstić information content (AvgIpc) is 3.51. The van der Waals surface area contributed by atoms with Crippen molar-refractivity contribution in [3.05, 3.63) is 36.0 Å². The number of carbonyl (C=O) groups is 1. The smallest absolute Gasteiger partial charge is 0.228 e. The van der Waals surface area contributed by atoms with Crippen LogP contribution < -0.4 is 19.1 Å². The summed E-state index contributed by atoms with van der Waals surface area (Å²) in [6.07, 6.45) is 3.46. The van der Waals surface area contributed by atoms with Gasteiger partial charge in [0.2, 0.25) is 11.8 Å². The summed E-state index contributed by atoms with van der Waals surface area (Å²) in [5, 5.41) is 0. The number of likely N-dealkylation sites (tertiary alicyclic amines) is 1. The van der Waals surface area contributed by atoms with Gasteiger partial charge in [-0.2, -0.15) is 0 Å². The van der Waals surface area contributed by atoms with Gasteiger partial charge in [0.25, 0.3) is 0 Å². The number of methoxy groups -OCH3 is 1. The number of pyridine rings is 1. The predicted octanol–water partition coefficient (Wildman–Crippen LogP) is 2.95. The minimum absolute atomic E-state index is 0.00441. The minimum atomic E-state index is -0.0119. The molecule has 0 radical (unpaired) electrons. The van der Waals surface area contributed by atoms with Crippen molar-refractivity contribution in [2.45, 2.75) is 25.9 Å². The first-order chi connectivity index (χ1) is 15.6. The van der Waals surface area contributed by atoms with Gasteiger partial charge in [-0.25, -0.2) is 4.98 Å². The number of hydrogen-bond donors (Lipinski definition) is 0. The van der Waals surface area contributed by atoms with Gasteiger partial charge in [-0.15, -0.1) is 0 Å². The van der Waals surface area contributed by atoms with E-state index in [4.69, 9.17) is 18.9 Å². The summed E-state index contributed by atoms with van der Waals surface area (Å²) in [7, 11) is 1.63. The monoisotopic (exact) mass is 439 g/mol. The first-order valence-corrected chi connectivity index (χ1v) is 11.2. The third kappa shape index (κ3) is 4.07. The Kier molecular flexibility index (Phi) is 5.78. The van der Waals surface area contributed by atoms with Gasteiger partial charge < -0.3 is 28.7 Å². The van der Waals surface area contributed by atoms with Crippen molar-refractivity contribution in [1.82, 2.24) is 9.88 Å². The fraction of sp³-hybridized carbons (Fsp3) is 0.500. The van der Waals surface area contributed by atoms with E-state index in [-0.39, 0.29) is 17.9 Å². The van der Waals surface area contributed by atoms with Crippen LogP contribution >= 0.6 is 0 Å². The van der Waals surface area contributed by atoms with E-state index in [1.807, 2.05) is 36.2 Å². The Morgan fingerprint density at radius 3 is 2.88 bits per heavy atom. The average molecular weight is 440 g/mol. The number of aryl methyl sites for hydroxylation is 1. The van der Waals surface area contributed by atoms with Crippen LogP contribution in [0.2, 0.25) is 0 Å². The van der Waals surface area contributed by atoms with Crippen molar-refractivity contribution in [2.24, 2.45) is 5.92 Å². The highest BCUT2D eigenvalue weighted by Crippen LogP contribution is 2.40. The molecule has 2 saturated heterocycles. The Morgan fingerprint density at radius 1 is 1.19 bits per heavy atom. The molecule has 8 heteroatoms. The summed E-state index contributed by atoms with van der Waals surface area (Å²) in [5.74, 6) is 2.43. The van der Waals surface area contributed by atoms with Gasteiger partial charge in [0.1, 0.15) is 24.2 Å². The molecule has 1 amide bonds. The van der Waals surface area contributed by atoms with E-state index < -0.39 is 0 Å². The lowest BCUT2D eigenvalue weighted by Gasteiger charge is -2.32. The van der Waals surface area contributed by atoms with Crippen LogP contribution in [-0.4, -0.2) is 68.5 Å². The highest BCUT2D eigenvalue weighted by Gasteiger charge is 2.34. The molecule has 0 aliphatic carbocycles. The molecule has 3 aliphatic heterocycles. The maximum Gasteiger partial charge on any atom is 0.228 e. The molecule has 0 saturated carbocycles. The van der Waals surface area contributed by atoms with E-state index in [0.717, 1.165) is 54.4 Å². The highest BCUT2D eigenvalue weighted by molar-refractivity contribution is 5.79. The largest absolute Gasteiger partial charge is 0.490 e. The molecule has 32 heavy (non-hydrogen) atoms. The van der Waals surface area contributed by atoms with Gasteiger partial charge in [-0.05, 0) is 31.5 Å². The lowest BCUT2D eigenvalue weighted by Crippen LogP contribution is -2.36. The molecule has 0 unspecified atom stereocenters. The molecule has 8 nitrogen and oxygen atoms in total. The summed E-state index contributed by atoms with van der Waals surface area (Å²) in [6, 6.07) is 7.98. The molecule has 3 aliphatic rings. The molecule has 2 aromatic rings. The SMILES string of the molecule is COc1ncc(N2CCOc3ccc(O[C@H]4CCN(C(=O)[C@H]5CCOC5)C4)cc32)cc1C. The molecule has 0 bridgehead atoms. The van der Waals surface area contributed by atoms with Gasteiger partial charge in [0.05, 0.1) is 50.3 Å². The molecule has 1 aromatic carbocycles. The molecule has 2 atom stereocenters. The Morgan fingerprint density at radius 2 is 2.09 bits per heavy atom. The summed E-state index contributed by atoms with van der Waals surface area (Å²) >= 11 is 0. The summed E-state index contributed by atoms with van der Waals surface area (Å²) in [5.41, 5.74) is 2.92. The van der Waals surface area contributed by atoms with Crippen molar-refractivity contribution in [3.8, 4) is 17.4 Å². The molecular formula is C24H29N3O5. The number of ether oxygens (including phenoxy) is 4. The van der Waals surface area contributed by atoms with Crippen LogP contribution in [0.5, 0.6) is 17.4 Å². The van der Waals surface area contributed by atoms with Crippen LogP contribution in [0.15, 0.2) is 30.5 Å². The Hall–Kier alpha value is -3.00. The Bertz CT molecular complexity index is 992. The zero-order chi connectivity index (χ0) is 22.1.